The molecule has 0 saturated heterocycles. The van der Waals surface area contributed by atoms with Gasteiger partial charge in [-0.3, -0.25) is 0 Å². The van der Waals surface area contributed by atoms with Crippen LogP contribution in [0.5, 0.6) is 0 Å². The molecule has 4 aliphatic carbocycles. The Kier molecular flexibility index (Phi) is 29.4. The van der Waals surface area contributed by atoms with Crippen LogP contribution in [0.15, 0.2) is 260 Å². The topological polar surface area (TPSA) is 60.7 Å². The van der Waals surface area contributed by atoms with Crippen molar-refractivity contribution in [3.63, 3.8) is 0 Å². The van der Waals surface area contributed by atoms with Crippen LogP contribution in [0.4, 0.5) is 0 Å². The van der Waals surface area contributed by atoms with Crippen LogP contribution in [-0.4, -0.2) is 33.6 Å². The van der Waals surface area contributed by atoms with Crippen LogP contribution in [0.1, 0.15) is 190 Å². The molecule has 0 aromatic heterocycles. The Morgan fingerprint density at radius 2 is 0.711 bits per heavy atom. The number of rotatable bonds is 20. The molecular formula is C80H112O3. The predicted octanol–water partition coefficient (Wildman–Crippen LogP) is 22.0. The molecule has 83 heavy (non-hydrogen) atoms. The highest BCUT2D eigenvalue weighted by atomic mass is 16.3. The van der Waals surface area contributed by atoms with Crippen LogP contribution < -0.4 is 0 Å². The van der Waals surface area contributed by atoms with Crippen LogP contribution in [-0.2, 0) is 0 Å². The van der Waals surface area contributed by atoms with E-state index in [9.17, 15) is 15.3 Å². The number of hydrogen-bond donors (Lipinski definition) is 3. The molecule has 0 aromatic carbocycles. The quantitative estimate of drug-likeness (QED) is 0.0841. The second kappa shape index (κ2) is 34.2. The van der Waals surface area contributed by atoms with E-state index < -0.39 is 0 Å². The summed E-state index contributed by atoms with van der Waals surface area (Å²) < 4.78 is 0. The molecular weight excluding hydrogens is 1010 g/mol. The summed E-state index contributed by atoms with van der Waals surface area (Å²) in [5.74, 6) is 0.348. The average molecular weight is 1120 g/mol. The van der Waals surface area contributed by atoms with Gasteiger partial charge in [-0.15, -0.1) is 0 Å². The first-order valence-corrected chi connectivity index (χ1v) is 30.8. The van der Waals surface area contributed by atoms with Crippen molar-refractivity contribution in [2.75, 3.05) is 0 Å². The van der Waals surface area contributed by atoms with Crippen molar-refractivity contribution in [1.29, 1.82) is 0 Å². The van der Waals surface area contributed by atoms with Crippen molar-refractivity contribution >= 4 is 0 Å². The van der Waals surface area contributed by atoms with Crippen molar-refractivity contribution < 1.29 is 15.3 Å². The summed E-state index contributed by atoms with van der Waals surface area (Å²) in [6.07, 6.45) is 69.3. The van der Waals surface area contributed by atoms with Gasteiger partial charge in [0.25, 0.3) is 0 Å². The molecule has 3 N–H and O–H groups in total. The standard InChI is InChI=1S/C40H56O2.C40H56O/c1-29(17-13-19-31(3)21-23-37-33(5)25-35(41)27-39(37,7)8)15-11-12-16-30(2)18-14-20-32(4)22-24-38-34(6)26-36(42)28-40(38,9)10;1-30(18-13-20-32(3)23-25-37-34(5)22-15-27-39(37,7)8)16-11-12-17-31(2)19-14-21-33(4)24-26-38-35(6)28-36(41)29-40(38,9)10/h11-25,35-37,41-42H,26-28H2,1-10H3;11-14,16-21,23-26,36,41H,15,22,27-29H2,1-10H3/b12-11+,17-13+,18-14+,23-21+,24-22+,29-15+,30-16+,31-19+,32-20+;12-11+,18-13+,19-14+,25-23+,26-24+,30-16+,31-17+,32-20+,33-21+/t35-,36+,37-;36-/m01/s1. The van der Waals surface area contributed by atoms with E-state index >= 15 is 0 Å². The third-order valence-corrected chi connectivity index (χ3v) is 16.6. The van der Waals surface area contributed by atoms with Gasteiger partial charge in [-0.2, -0.15) is 0 Å². The van der Waals surface area contributed by atoms with Crippen LogP contribution >= 0.6 is 0 Å². The maximum atomic E-state index is 10.1. The van der Waals surface area contributed by atoms with Crippen molar-refractivity contribution in [2.24, 2.45) is 27.6 Å². The summed E-state index contributed by atoms with van der Waals surface area (Å²) in [5, 5.41) is 30.3. The minimum Gasteiger partial charge on any atom is -0.393 e. The largest absolute Gasteiger partial charge is 0.393 e. The van der Waals surface area contributed by atoms with Gasteiger partial charge in [0.05, 0.1) is 18.3 Å². The molecule has 0 bridgehead atoms. The van der Waals surface area contributed by atoms with E-state index in [-0.39, 0.29) is 40.0 Å². The van der Waals surface area contributed by atoms with E-state index in [4.69, 9.17) is 0 Å². The van der Waals surface area contributed by atoms with E-state index in [1.807, 2.05) is 6.08 Å². The van der Waals surface area contributed by atoms with Crippen LogP contribution in [0.3, 0.4) is 0 Å². The highest BCUT2D eigenvalue weighted by molar-refractivity contribution is 5.41. The fourth-order valence-corrected chi connectivity index (χ4v) is 12.1. The Labute approximate surface area is 508 Å². The Hall–Kier alpha value is -5.84. The number of hydrogen-bond acceptors (Lipinski definition) is 3. The molecule has 0 heterocycles. The third-order valence-electron chi connectivity index (χ3n) is 16.6. The molecule has 0 amide bonds. The van der Waals surface area contributed by atoms with Gasteiger partial charge >= 0.3 is 0 Å². The second-order valence-electron chi connectivity index (χ2n) is 27.2. The second-order valence-corrected chi connectivity index (χ2v) is 27.2. The van der Waals surface area contributed by atoms with Crippen molar-refractivity contribution in [2.45, 2.75) is 208 Å². The zero-order valence-electron chi connectivity index (χ0n) is 55.6. The molecule has 0 unspecified atom stereocenters. The fourth-order valence-electron chi connectivity index (χ4n) is 12.1. The molecule has 4 rings (SSSR count). The minimum absolute atomic E-state index is 0.00528. The van der Waals surface area contributed by atoms with Gasteiger partial charge in [0.15, 0.2) is 0 Å². The molecule has 0 radical (unpaired) electrons. The summed E-state index contributed by atoms with van der Waals surface area (Å²) >= 11 is 0. The van der Waals surface area contributed by atoms with Crippen molar-refractivity contribution in [1.82, 2.24) is 0 Å². The SMILES string of the molecule is CC1=C(/C=C/C(C)=C/C=C/C(C)=C/C=C/C=C(C)/C=C/C=C(C)/C=C/C2=C(C)C[C@@H](O)CC2(C)C)C(C)(C)CCC1.CC1=C[C@H](O)CC(C)(C)[C@H]1/C=C/C(C)=C/C=C/C(C)=C/C=C/C=C(C)/C=C/C=C(C)/C=C/C1=C(C)C[C@@H](O)CC1(C)C. The molecule has 4 aliphatic rings. The summed E-state index contributed by atoms with van der Waals surface area (Å²) in [5.41, 5.74) is 19.6. The lowest BCUT2D eigenvalue weighted by Crippen LogP contribution is -2.32. The lowest BCUT2D eigenvalue weighted by molar-refractivity contribution is 0.116. The Bertz CT molecular complexity index is 2920. The summed E-state index contributed by atoms with van der Waals surface area (Å²) in [6.45, 7) is 43.8. The highest BCUT2D eigenvalue weighted by Gasteiger charge is 2.35. The van der Waals surface area contributed by atoms with Gasteiger partial charge in [0.1, 0.15) is 0 Å². The van der Waals surface area contributed by atoms with Crippen LogP contribution in [0.25, 0.3) is 0 Å². The lowest BCUT2D eigenvalue weighted by atomic mass is 9.67. The van der Waals surface area contributed by atoms with Gasteiger partial charge < -0.3 is 15.3 Å². The van der Waals surface area contributed by atoms with Crippen LogP contribution in [0.2, 0.25) is 0 Å². The molecule has 3 heteroatoms. The fraction of sp³-hybridized carbons (Fsp3) is 0.450. The van der Waals surface area contributed by atoms with E-state index in [0.29, 0.717) is 5.92 Å². The zero-order chi connectivity index (χ0) is 62.1. The number of aliphatic hydroxyl groups excluding tert-OH is 3. The molecule has 0 spiro atoms. The smallest absolute Gasteiger partial charge is 0.0729 e. The van der Waals surface area contributed by atoms with Gasteiger partial charge in [-0.25, -0.2) is 0 Å². The Balaban J connectivity index is 0.000000435. The monoisotopic (exact) mass is 1120 g/mol. The number of allylic oxidation sites excluding steroid dienone is 41. The molecule has 450 valence electrons. The maximum absolute atomic E-state index is 10.1. The third kappa shape index (κ3) is 26.3. The molecule has 0 fully saturated rings. The Morgan fingerprint density at radius 1 is 0.398 bits per heavy atom. The summed E-state index contributed by atoms with van der Waals surface area (Å²) in [4.78, 5) is 0. The minimum atomic E-state index is -0.331. The molecule has 4 atom stereocenters. The predicted molar refractivity (Wildman–Crippen MR) is 367 cm³/mol. The van der Waals surface area contributed by atoms with Gasteiger partial charge in [0.2, 0.25) is 0 Å². The summed E-state index contributed by atoms with van der Waals surface area (Å²) in [6, 6.07) is 0. The van der Waals surface area contributed by atoms with Crippen molar-refractivity contribution in [3.8, 4) is 0 Å². The van der Waals surface area contributed by atoms with E-state index in [2.05, 4.69) is 309 Å². The van der Waals surface area contributed by atoms with E-state index in [1.165, 1.54) is 97.3 Å². The van der Waals surface area contributed by atoms with E-state index in [0.717, 1.165) is 32.1 Å². The Morgan fingerprint density at radius 3 is 1.04 bits per heavy atom. The van der Waals surface area contributed by atoms with E-state index in [1.54, 1.807) is 5.57 Å². The normalized spacial score (nSPS) is 25.1. The zero-order valence-corrected chi connectivity index (χ0v) is 55.6. The highest BCUT2D eigenvalue weighted by Crippen LogP contribution is 2.44. The number of aliphatic hydroxyl groups is 3. The first-order chi connectivity index (χ1) is 38.8. The van der Waals surface area contributed by atoms with Crippen LogP contribution in [0, 0.1) is 27.6 Å². The molecule has 3 nitrogen and oxygen atoms in total. The first-order valence-electron chi connectivity index (χ1n) is 30.8. The average Bonchev–Trinajstić information content (AvgIpc) is 3.54. The first kappa shape index (κ1) is 71.4. The van der Waals surface area contributed by atoms with Gasteiger partial charge in [0, 0.05) is 5.92 Å². The van der Waals surface area contributed by atoms with Gasteiger partial charge in [-0.05, 0) is 173 Å². The molecule has 0 aromatic rings. The molecule has 0 aliphatic heterocycles. The maximum Gasteiger partial charge on any atom is 0.0729 e. The van der Waals surface area contributed by atoms with Gasteiger partial charge in [-0.1, -0.05) is 298 Å². The summed E-state index contributed by atoms with van der Waals surface area (Å²) in [7, 11) is 0. The lowest BCUT2D eigenvalue weighted by Gasteiger charge is -2.38. The van der Waals surface area contributed by atoms with Crippen molar-refractivity contribution in [3.05, 3.63) is 260 Å². The molecule has 0 saturated carbocycles.